The van der Waals surface area contributed by atoms with Gasteiger partial charge in [-0.25, -0.2) is 4.98 Å². The van der Waals surface area contributed by atoms with Gasteiger partial charge in [-0.3, -0.25) is 5.10 Å². The van der Waals surface area contributed by atoms with Gasteiger partial charge in [-0.05, 0) is 42.8 Å². The third kappa shape index (κ3) is 5.06. The normalized spacial score (nSPS) is 10.6. The summed E-state index contributed by atoms with van der Waals surface area (Å²) in [6.45, 7) is 4.16. The highest BCUT2D eigenvalue weighted by atomic mass is 16.5. The molecule has 3 rings (SSSR count). The zero-order chi connectivity index (χ0) is 17.3. The fraction of sp³-hybridized carbons (Fsp3) is 0.263. The molecule has 0 aliphatic carbocycles. The van der Waals surface area contributed by atoms with Gasteiger partial charge in [-0.2, -0.15) is 5.10 Å². The van der Waals surface area contributed by atoms with Crippen molar-refractivity contribution in [2.45, 2.75) is 26.4 Å². The Labute approximate surface area is 147 Å². The van der Waals surface area contributed by atoms with Gasteiger partial charge < -0.3 is 14.8 Å². The van der Waals surface area contributed by atoms with E-state index in [1.165, 1.54) is 0 Å². The smallest absolute Gasteiger partial charge is 0.223 e. The van der Waals surface area contributed by atoms with E-state index < -0.39 is 0 Å². The Morgan fingerprint density at radius 1 is 1.00 bits per heavy atom. The van der Waals surface area contributed by atoms with Crippen LogP contribution in [-0.2, 0) is 13.1 Å². The van der Waals surface area contributed by atoms with E-state index in [0.717, 1.165) is 29.2 Å². The van der Waals surface area contributed by atoms with E-state index in [-0.39, 0.29) is 0 Å². The van der Waals surface area contributed by atoms with Crippen molar-refractivity contribution in [2.75, 3.05) is 6.61 Å². The Morgan fingerprint density at radius 3 is 2.60 bits per heavy atom. The van der Waals surface area contributed by atoms with Gasteiger partial charge in [0.1, 0.15) is 11.5 Å². The first-order valence-electron chi connectivity index (χ1n) is 8.38. The fourth-order valence-corrected chi connectivity index (χ4v) is 2.30. The van der Waals surface area contributed by atoms with Crippen molar-refractivity contribution in [1.82, 2.24) is 20.5 Å². The van der Waals surface area contributed by atoms with Crippen molar-refractivity contribution in [1.29, 1.82) is 0 Å². The third-order valence-electron chi connectivity index (χ3n) is 3.55. The number of aromatic amines is 1. The lowest BCUT2D eigenvalue weighted by atomic mass is 10.2. The summed E-state index contributed by atoms with van der Waals surface area (Å²) in [5.74, 6) is 2.18. The minimum absolute atomic E-state index is 0.599. The number of hydrogen-bond donors (Lipinski definition) is 2. The number of benzene rings is 1. The summed E-state index contributed by atoms with van der Waals surface area (Å²) in [5, 5.41) is 10.2. The molecule has 2 N–H and O–H groups in total. The van der Waals surface area contributed by atoms with Crippen LogP contribution < -0.4 is 14.8 Å². The molecule has 0 bridgehead atoms. The second-order valence-electron chi connectivity index (χ2n) is 5.58. The highest BCUT2D eigenvalue weighted by Crippen LogP contribution is 2.25. The number of rotatable bonds is 9. The maximum absolute atomic E-state index is 5.93. The molecule has 0 fully saturated rings. The van der Waals surface area contributed by atoms with Crippen molar-refractivity contribution >= 4 is 0 Å². The molecule has 0 atom stereocenters. The molecule has 6 heteroatoms. The zero-order valence-electron chi connectivity index (χ0n) is 14.2. The van der Waals surface area contributed by atoms with Crippen LogP contribution >= 0.6 is 0 Å². The van der Waals surface area contributed by atoms with Crippen LogP contribution in [0.5, 0.6) is 17.4 Å². The number of ether oxygens (including phenoxy) is 2. The number of H-pyrrole nitrogens is 1. The molecular weight excluding hydrogens is 316 g/mol. The van der Waals surface area contributed by atoms with Crippen molar-refractivity contribution < 1.29 is 9.47 Å². The average Bonchev–Trinajstić information content (AvgIpc) is 3.16. The maximum atomic E-state index is 5.93. The molecule has 25 heavy (non-hydrogen) atoms. The van der Waals surface area contributed by atoms with E-state index in [4.69, 9.17) is 9.47 Å². The average molecular weight is 338 g/mol. The van der Waals surface area contributed by atoms with E-state index in [1.54, 1.807) is 12.4 Å². The van der Waals surface area contributed by atoms with Crippen LogP contribution in [-0.4, -0.2) is 21.8 Å². The SMILES string of the molecule is CCCOc1ccc(Oc2ncccc2CNCc2ccn[nH]2)cc1. The van der Waals surface area contributed by atoms with Gasteiger partial charge in [0.2, 0.25) is 5.88 Å². The van der Waals surface area contributed by atoms with Gasteiger partial charge in [0.25, 0.3) is 0 Å². The van der Waals surface area contributed by atoms with E-state index in [1.807, 2.05) is 42.5 Å². The van der Waals surface area contributed by atoms with Gasteiger partial charge in [-0.15, -0.1) is 0 Å². The molecule has 0 aliphatic rings. The van der Waals surface area contributed by atoms with Crippen molar-refractivity contribution in [3.8, 4) is 17.4 Å². The second-order valence-corrected chi connectivity index (χ2v) is 5.58. The Morgan fingerprint density at radius 2 is 1.84 bits per heavy atom. The van der Waals surface area contributed by atoms with E-state index >= 15 is 0 Å². The molecule has 0 radical (unpaired) electrons. The monoisotopic (exact) mass is 338 g/mol. The molecule has 0 spiro atoms. The predicted octanol–water partition coefficient (Wildman–Crippen LogP) is 3.68. The van der Waals surface area contributed by atoms with Crippen molar-refractivity contribution in [3.05, 3.63) is 66.1 Å². The second kappa shape index (κ2) is 8.84. The summed E-state index contributed by atoms with van der Waals surface area (Å²) in [4.78, 5) is 4.35. The van der Waals surface area contributed by atoms with Gasteiger partial charge >= 0.3 is 0 Å². The quantitative estimate of drug-likeness (QED) is 0.623. The molecule has 1 aromatic carbocycles. The largest absolute Gasteiger partial charge is 0.494 e. The number of aromatic nitrogens is 3. The first-order valence-corrected chi connectivity index (χ1v) is 8.38. The lowest BCUT2D eigenvalue weighted by Gasteiger charge is -2.11. The maximum Gasteiger partial charge on any atom is 0.223 e. The van der Waals surface area contributed by atoms with Crippen LogP contribution in [0.1, 0.15) is 24.6 Å². The Balaban J connectivity index is 1.60. The summed E-state index contributed by atoms with van der Waals surface area (Å²) in [6.07, 6.45) is 4.46. The van der Waals surface area contributed by atoms with Crippen molar-refractivity contribution in [2.24, 2.45) is 0 Å². The first kappa shape index (κ1) is 17.0. The summed E-state index contributed by atoms with van der Waals surface area (Å²) < 4.78 is 11.5. The summed E-state index contributed by atoms with van der Waals surface area (Å²) in [7, 11) is 0. The Bertz CT molecular complexity index is 757. The van der Waals surface area contributed by atoms with Crippen LogP contribution in [0, 0.1) is 0 Å². The molecule has 0 saturated carbocycles. The number of nitrogens with one attached hydrogen (secondary N) is 2. The molecule has 0 saturated heterocycles. The highest BCUT2D eigenvalue weighted by Gasteiger charge is 2.06. The molecule has 2 heterocycles. The van der Waals surface area contributed by atoms with Crippen LogP contribution in [0.25, 0.3) is 0 Å². The molecule has 0 unspecified atom stereocenters. The summed E-state index contributed by atoms with van der Waals surface area (Å²) >= 11 is 0. The lowest BCUT2D eigenvalue weighted by Crippen LogP contribution is -2.13. The Hall–Kier alpha value is -2.86. The fourth-order valence-electron chi connectivity index (χ4n) is 2.30. The van der Waals surface area contributed by atoms with Gasteiger partial charge in [-0.1, -0.05) is 13.0 Å². The predicted molar refractivity (Wildman–Crippen MR) is 95.7 cm³/mol. The molecule has 130 valence electrons. The number of pyridine rings is 1. The summed E-state index contributed by atoms with van der Waals surface area (Å²) in [6, 6.07) is 13.4. The minimum atomic E-state index is 0.599. The van der Waals surface area contributed by atoms with Gasteiger partial charge in [0, 0.05) is 36.7 Å². The summed E-state index contributed by atoms with van der Waals surface area (Å²) in [5.41, 5.74) is 2.03. The molecule has 2 aromatic heterocycles. The van der Waals surface area contributed by atoms with Crippen molar-refractivity contribution in [3.63, 3.8) is 0 Å². The van der Waals surface area contributed by atoms with Gasteiger partial charge in [0.15, 0.2) is 0 Å². The van der Waals surface area contributed by atoms with Crippen LogP contribution in [0.4, 0.5) is 0 Å². The van der Waals surface area contributed by atoms with E-state index in [9.17, 15) is 0 Å². The molecule has 3 aromatic rings. The molecule has 6 nitrogen and oxygen atoms in total. The standard InChI is InChI=1S/C19H22N4O2/c1-2-12-24-17-5-7-18(8-6-17)25-19-15(4-3-10-21-19)13-20-14-16-9-11-22-23-16/h3-11,20H,2,12-14H2,1H3,(H,22,23). The van der Waals surface area contributed by atoms with Gasteiger partial charge in [0.05, 0.1) is 6.61 Å². The van der Waals surface area contributed by atoms with Crippen LogP contribution in [0.3, 0.4) is 0 Å². The molecule has 0 amide bonds. The minimum Gasteiger partial charge on any atom is -0.494 e. The van der Waals surface area contributed by atoms with Crippen LogP contribution in [0.2, 0.25) is 0 Å². The van der Waals surface area contributed by atoms with E-state index in [0.29, 0.717) is 25.6 Å². The van der Waals surface area contributed by atoms with Crippen LogP contribution in [0.15, 0.2) is 54.9 Å². The Kier molecular flexibility index (Phi) is 6.01. The van der Waals surface area contributed by atoms with E-state index in [2.05, 4.69) is 27.4 Å². The number of nitrogens with zero attached hydrogens (tertiary/aromatic N) is 2. The number of hydrogen-bond acceptors (Lipinski definition) is 5. The lowest BCUT2D eigenvalue weighted by molar-refractivity contribution is 0.317. The topological polar surface area (TPSA) is 72.1 Å². The zero-order valence-corrected chi connectivity index (χ0v) is 14.2. The first-order chi connectivity index (χ1) is 12.3. The third-order valence-corrected chi connectivity index (χ3v) is 3.55. The molecular formula is C19H22N4O2. The highest BCUT2D eigenvalue weighted by molar-refractivity contribution is 5.35. The molecule has 0 aliphatic heterocycles.